The molecule has 0 aliphatic carbocycles. The van der Waals surface area contributed by atoms with E-state index >= 15 is 0 Å². The van der Waals surface area contributed by atoms with Crippen LogP contribution in [-0.4, -0.2) is 19.7 Å². The third-order valence-electron chi connectivity index (χ3n) is 4.81. The van der Waals surface area contributed by atoms with E-state index in [-0.39, 0.29) is 0 Å². The van der Waals surface area contributed by atoms with Crippen LogP contribution in [0, 0.1) is 13.8 Å². The van der Waals surface area contributed by atoms with Gasteiger partial charge in [0, 0.05) is 28.3 Å². The highest BCUT2D eigenvalue weighted by molar-refractivity contribution is 7.98. The van der Waals surface area contributed by atoms with E-state index in [1.165, 1.54) is 0 Å². The normalized spacial score (nSPS) is 11.1. The summed E-state index contributed by atoms with van der Waals surface area (Å²) in [5.74, 6) is 2.34. The molecule has 0 fully saturated rings. The summed E-state index contributed by atoms with van der Waals surface area (Å²) < 4.78 is 8.07. The molecule has 0 unspecified atom stereocenters. The minimum atomic E-state index is 0.358. The van der Waals surface area contributed by atoms with E-state index in [0.29, 0.717) is 6.61 Å². The summed E-state index contributed by atoms with van der Waals surface area (Å²) in [4.78, 5) is 4.76. The molecule has 0 spiro atoms. The van der Waals surface area contributed by atoms with Crippen LogP contribution >= 0.6 is 34.7 Å². The van der Waals surface area contributed by atoms with Crippen LogP contribution < -0.4 is 4.74 Å². The molecule has 160 valence electrons. The first-order valence-corrected chi connectivity index (χ1v) is 12.2. The average molecular weight is 471 g/mol. The van der Waals surface area contributed by atoms with Gasteiger partial charge in [-0.25, -0.2) is 4.98 Å². The molecule has 2 aromatic carbocycles. The Balaban J connectivity index is 1.41. The Hall–Kier alpha value is -2.35. The predicted molar refractivity (Wildman–Crippen MR) is 128 cm³/mol. The van der Waals surface area contributed by atoms with Gasteiger partial charge in [0.25, 0.3) is 0 Å². The van der Waals surface area contributed by atoms with Gasteiger partial charge in [0.2, 0.25) is 0 Å². The van der Waals surface area contributed by atoms with Gasteiger partial charge >= 0.3 is 0 Å². The number of nitrogens with zero attached hydrogens (tertiary/aromatic N) is 4. The fraction of sp³-hybridized carbons (Fsp3) is 0.261. The van der Waals surface area contributed by atoms with Crippen molar-refractivity contribution >= 4 is 34.7 Å². The molecule has 4 aromatic rings. The molecule has 8 heteroatoms. The molecule has 0 radical (unpaired) electrons. The van der Waals surface area contributed by atoms with E-state index in [1.807, 2.05) is 44.2 Å². The zero-order valence-corrected chi connectivity index (χ0v) is 20.0. The maximum Gasteiger partial charge on any atom is 0.191 e. The van der Waals surface area contributed by atoms with E-state index in [9.17, 15) is 0 Å². The number of halogens is 1. The summed E-state index contributed by atoms with van der Waals surface area (Å²) in [5, 5.41) is 13.5. The van der Waals surface area contributed by atoms with Crippen molar-refractivity contribution in [3.05, 3.63) is 75.5 Å². The summed E-state index contributed by atoms with van der Waals surface area (Å²) in [6, 6.07) is 14.1. The van der Waals surface area contributed by atoms with Crippen LogP contribution in [0.2, 0.25) is 5.02 Å². The number of aromatic nitrogens is 4. The number of thioether (sulfide) groups is 1. The first-order chi connectivity index (χ1) is 15.0. The fourth-order valence-corrected chi connectivity index (χ4v) is 5.17. The second-order valence-electron chi connectivity index (χ2n) is 7.10. The largest absolute Gasteiger partial charge is 0.486 e. The van der Waals surface area contributed by atoms with Crippen molar-refractivity contribution in [3.63, 3.8) is 0 Å². The number of ether oxygens (including phenoxy) is 1. The number of hydrogen-bond acceptors (Lipinski definition) is 6. The number of hydrogen-bond donors (Lipinski definition) is 0. The van der Waals surface area contributed by atoms with Crippen molar-refractivity contribution in [2.24, 2.45) is 0 Å². The van der Waals surface area contributed by atoms with Crippen molar-refractivity contribution in [2.75, 3.05) is 0 Å². The molecule has 2 aromatic heterocycles. The maximum atomic E-state index is 6.25. The maximum absolute atomic E-state index is 6.25. The lowest BCUT2D eigenvalue weighted by Gasteiger charge is -2.11. The molecule has 0 atom stereocenters. The van der Waals surface area contributed by atoms with Gasteiger partial charge in [-0.2, -0.15) is 0 Å². The van der Waals surface area contributed by atoms with E-state index < -0.39 is 0 Å². The molecule has 5 nitrogen and oxygen atoms in total. The summed E-state index contributed by atoms with van der Waals surface area (Å²) in [6.45, 7) is 7.18. The van der Waals surface area contributed by atoms with Crippen molar-refractivity contribution in [1.82, 2.24) is 19.7 Å². The molecule has 0 N–H and O–H groups in total. The van der Waals surface area contributed by atoms with Crippen molar-refractivity contribution < 1.29 is 4.74 Å². The summed E-state index contributed by atoms with van der Waals surface area (Å²) in [6.07, 6.45) is 0. The third kappa shape index (κ3) is 5.11. The molecule has 2 heterocycles. The standard InChI is InChI=1S/C23H23ClN4OS2/c1-4-28-20(12-29-19-10-15(2)21(24)16(3)11-19)26-27-23(28)31-14-18-13-30-22(25-18)17-8-6-5-7-9-17/h5-11,13H,4,12,14H2,1-3H3. The summed E-state index contributed by atoms with van der Waals surface area (Å²) in [7, 11) is 0. The van der Waals surface area contributed by atoms with Gasteiger partial charge in [-0.05, 0) is 44.0 Å². The smallest absolute Gasteiger partial charge is 0.191 e. The van der Waals surface area contributed by atoms with Gasteiger partial charge in [0.05, 0.1) is 5.69 Å². The molecular formula is C23H23ClN4OS2. The van der Waals surface area contributed by atoms with Crippen molar-refractivity contribution in [3.8, 4) is 16.3 Å². The van der Waals surface area contributed by atoms with Gasteiger partial charge in [0.1, 0.15) is 17.4 Å². The SMILES string of the molecule is CCn1c(COc2cc(C)c(Cl)c(C)c2)nnc1SCc1csc(-c2ccccc2)n1. The van der Waals surface area contributed by atoms with E-state index in [4.69, 9.17) is 21.3 Å². The van der Waals surface area contributed by atoms with Gasteiger partial charge in [-0.3, -0.25) is 0 Å². The minimum Gasteiger partial charge on any atom is -0.486 e. The average Bonchev–Trinajstić information content (AvgIpc) is 3.41. The van der Waals surface area contributed by atoms with Crippen LogP contribution in [0.3, 0.4) is 0 Å². The Morgan fingerprint density at radius 1 is 1.10 bits per heavy atom. The highest BCUT2D eigenvalue weighted by atomic mass is 35.5. The molecule has 4 rings (SSSR count). The minimum absolute atomic E-state index is 0.358. The van der Waals surface area contributed by atoms with Crippen LogP contribution in [0.1, 0.15) is 29.6 Å². The summed E-state index contributed by atoms with van der Waals surface area (Å²) >= 11 is 9.56. The zero-order valence-electron chi connectivity index (χ0n) is 17.6. The molecule has 31 heavy (non-hydrogen) atoms. The third-order valence-corrected chi connectivity index (χ3v) is 7.35. The summed E-state index contributed by atoms with van der Waals surface area (Å²) in [5.41, 5.74) is 4.20. The number of rotatable bonds is 8. The Morgan fingerprint density at radius 3 is 2.55 bits per heavy atom. The van der Waals surface area contributed by atoms with E-state index in [2.05, 4.69) is 39.2 Å². The highest BCUT2D eigenvalue weighted by Gasteiger charge is 2.14. The molecule has 0 saturated heterocycles. The topological polar surface area (TPSA) is 52.8 Å². The number of benzene rings is 2. The van der Waals surface area contributed by atoms with Gasteiger partial charge < -0.3 is 9.30 Å². The Kier molecular flexibility index (Phi) is 6.95. The van der Waals surface area contributed by atoms with Crippen LogP contribution in [0.5, 0.6) is 5.75 Å². The van der Waals surface area contributed by atoms with Crippen LogP contribution in [0.15, 0.2) is 53.0 Å². The molecular weight excluding hydrogens is 448 g/mol. The lowest BCUT2D eigenvalue weighted by Crippen LogP contribution is -2.07. The molecule has 0 aliphatic heterocycles. The van der Waals surface area contributed by atoms with Crippen molar-refractivity contribution in [2.45, 2.75) is 44.8 Å². The Morgan fingerprint density at radius 2 is 1.84 bits per heavy atom. The lowest BCUT2D eigenvalue weighted by atomic mass is 10.1. The molecule has 0 amide bonds. The Labute approximate surface area is 195 Å². The lowest BCUT2D eigenvalue weighted by molar-refractivity contribution is 0.288. The second-order valence-corrected chi connectivity index (χ2v) is 9.28. The van der Waals surface area contributed by atoms with Crippen LogP contribution in [-0.2, 0) is 18.9 Å². The number of aryl methyl sites for hydroxylation is 2. The van der Waals surface area contributed by atoms with Crippen LogP contribution in [0.25, 0.3) is 10.6 Å². The van der Waals surface area contributed by atoms with Crippen LogP contribution in [0.4, 0.5) is 0 Å². The first-order valence-electron chi connectivity index (χ1n) is 9.99. The predicted octanol–water partition coefficient (Wildman–Crippen LogP) is 6.56. The fourth-order valence-electron chi connectivity index (χ4n) is 3.21. The van der Waals surface area contributed by atoms with Gasteiger partial charge in [-0.1, -0.05) is 53.7 Å². The first kappa shape index (κ1) is 21.9. The quantitative estimate of drug-likeness (QED) is 0.273. The molecule has 0 aliphatic rings. The van der Waals surface area contributed by atoms with E-state index in [1.54, 1.807) is 23.1 Å². The van der Waals surface area contributed by atoms with Crippen molar-refractivity contribution in [1.29, 1.82) is 0 Å². The second kappa shape index (κ2) is 9.85. The Bertz CT molecular complexity index is 1150. The van der Waals surface area contributed by atoms with E-state index in [0.717, 1.165) is 61.4 Å². The number of thiazole rings is 1. The van der Waals surface area contributed by atoms with Gasteiger partial charge in [-0.15, -0.1) is 21.5 Å². The monoisotopic (exact) mass is 470 g/mol. The zero-order chi connectivity index (χ0) is 21.8. The molecule has 0 saturated carbocycles. The highest BCUT2D eigenvalue weighted by Crippen LogP contribution is 2.29. The molecule has 0 bridgehead atoms. The van der Waals surface area contributed by atoms with Gasteiger partial charge in [0.15, 0.2) is 11.0 Å².